The molecular weight excluding hydrogens is 164 g/mol. The summed E-state index contributed by atoms with van der Waals surface area (Å²) in [6.07, 6.45) is 0. The van der Waals surface area contributed by atoms with E-state index in [4.69, 9.17) is 10.4 Å². The Labute approximate surface area is 75.2 Å². The van der Waals surface area contributed by atoms with Crippen LogP contribution in [0.4, 0.5) is 0 Å². The Morgan fingerprint density at radius 3 is 2.85 bits per heavy atom. The molecule has 0 radical (unpaired) electrons. The number of hydrogen-bond acceptors (Lipinski definition) is 2. The molecule has 64 valence electrons. The lowest BCUT2D eigenvalue weighted by atomic mass is 10.1. The molecule has 0 bridgehead atoms. The number of aromatic amines is 1. The smallest absolute Gasteiger partial charge is 0.124 e. The predicted octanol–water partition coefficient (Wildman–Crippen LogP) is 1.53. The number of aliphatic hydroxyl groups excluding tert-OH is 1. The van der Waals surface area contributed by atoms with Crippen molar-refractivity contribution in [1.29, 1.82) is 5.26 Å². The number of nitriles is 1. The molecule has 0 fully saturated rings. The Kier molecular flexibility index (Phi) is 1.76. The molecule has 0 aliphatic heterocycles. The molecule has 1 aromatic heterocycles. The van der Waals surface area contributed by atoms with Crippen LogP contribution in [-0.4, -0.2) is 10.1 Å². The third-order valence-electron chi connectivity index (χ3n) is 2.08. The highest BCUT2D eigenvalue weighted by Crippen LogP contribution is 2.21. The van der Waals surface area contributed by atoms with Crippen molar-refractivity contribution in [2.45, 2.75) is 6.61 Å². The van der Waals surface area contributed by atoms with Crippen LogP contribution in [0.1, 0.15) is 11.3 Å². The van der Waals surface area contributed by atoms with E-state index in [-0.39, 0.29) is 6.61 Å². The lowest BCUT2D eigenvalue weighted by Crippen LogP contribution is -1.84. The number of fused-ring (bicyclic) bond motifs is 1. The summed E-state index contributed by atoms with van der Waals surface area (Å²) in [5.41, 5.74) is 2.02. The van der Waals surface area contributed by atoms with Gasteiger partial charge in [-0.2, -0.15) is 5.26 Å². The van der Waals surface area contributed by atoms with Crippen LogP contribution < -0.4 is 0 Å². The molecule has 3 heteroatoms. The Bertz CT molecular complexity index is 479. The summed E-state index contributed by atoms with van der Waals surface area (Å²) in [5.74, 6) is 0. The standard InChI is InChI=1S/C10H8N2O/c11-5-10-8(6-13)7-3-1-2-4-9(7)12-10/h1-4,12-13H,6H2. The van der Waals surface area contributed by atoms with Crippen LogP contribution in [0.25, 0.3) is 10.9 Å². The number of benzene rings is 1. The quantitative estimate of drug-likeness (QED) is 0.685. The summed E-state index contributed by atoms with van der Waals surface area (Å²) in [4.78, 5) is 2.94. The lowest BCUT2D eigenvalue weighted by Gasteiger charge is -1.91. The number of rotatable bonds is 1. The second-order valence-electron chi connectivity index (χ2n) is 2.79. The van der Waals surface area contributed by atoms with Gasteiger partial charge < -0.3 is 10.1 Å². The highest BCUT2D eigenvalue weighted by molar-refractivity contribution is 5.85. The van der Waals surface area contributed by atoms with Crippen molar-refractivity contribution in [2.75, 3.05) is 0 Å². The minimum atomic E-state index is -0.104. The van der Waals surface area contributed by atoms with Gasteiger partial charge >= 0.3 is 0 Å². The van der Waals surface area contributed by atoms with Gasteiger partial charge in [0.25, 0.3) is 0 Å². The summed E-state index contributed by atoms with van der Waals surface area (Å²) in [6.45, 7) is -0.104. The van der Waals surface area contributed by atoms with Gasteiger partial charge in [-0.3, -0.25) is 0 Å². The predicted molar refractivity (Wildman–Crippen MR) is 48.9 cm³/mol. The number of hydrogen-bond donors (Lipinski definition) is 2. The van der Waals surface area contributed by atoms with Crippen molar-refractivity contribution in [1.82, 2.24) is 4.98 Å². The molecule has 2 aromatic rings. The maximum atomic E-state index is 9.07. The van der Waals surface area contributed by atoms with E-state index in [0.717, 1.165) is 10.9 Å². The third kappa shape index (κ3) is 1.08. The maximum Gasteiger partial charge on any atom is 0.124 e. The highest BCUT2D eigenvalue weighted by atomic mass is 16.3. The Morgan fingerprint density at radius 2 is 2.15 bits per heavy atom. The lowest BCUT2D eigenvalue weighted by molar-refractivity contribution is 0.283. The minimum absolute atomic E-state index is 0.104. The first-order valence-corrected chi connectivity index (χ1v) is 3.97. The second-order valence-corrected chi connectivity index (χ2v) is 2.79. The van der Waals surface area contributed by atoms with Crippen LogP contribution in [-0.2, 0) is 6.61 Å². The topological polar surface area (TPSA) is 59.8 Å². The van der Waals surface area contributed by atoms with Gasteiger partial charge in [0.15, 0.2) is 0 Å². The van der Waals surface area contributed by atoms with Gasteiger partial charge in [0.1, 0.15) is 11.8 Å². The van der Waals surface area contributed by atoms with Crippen molar-refractivity contribution in [3.05, 3.63) is 35.5 Å². The SMILES string of the molecule is N#Cc1[nH]c2ccccc2c1CO. The number of aromatic nitrogens is 1. The van der Waals surface area contributed by atoms with Gasteiger partial charge in [0.2, 0.25) is 0 Å². The van der Waals surface area contributed by atoms with E-state index in [2.05, 4.69) is 4.98 Å². The second kappa shape index (κ2) is 2.92. The van der Waals surface area contributed by atoms with E-state index >= 15 is 0 Å². The Balaban J connectivity index is 2.83. The van der Waals surface area contributed by atoms with Crippen LogP contribution in [0.15, 0.2) is 24.3 Å². The molecule has 0 amide bonds. The normalized spacial score (nSPS) is 10.2. The number of H-pyrrole nitrogens is 1. The van der Waals surface area contributed by atoms with Gasteiger partial charge in [0, 0.05) is 16.5 Å². The first kappa shape index (κ1) is 7.84. The molecule has 0 unspecified atom stereocenters. The largest absolute Gasteiger partial charge is 0.392 e. The summed E-state index contributed by atoms with van der Waals surface area (Å²) in [5, 5.41) is 18.7. The zero-order chi connectivity index (χ0) is 9.26. The molecule has 3 nitrogen and oxygen atoms in total. The van der Waals surface area contributed by atoms with E-state index in [1.807, 2.05) is 30.3 Å². The zero-order valence-electron chi connectivity index (χ0n) is 6.91. The van der Waals surface area contributed by atoms with Gasteiger partial charge in [-0.25, -0.2) is 0 Å². The molecule has 13 heavy (non-hydrogen) atoms. The zero-order valence-corrected chi connectivity index (χ0v) is 6.91. The first-order valence-electron chi connectivity index (χ1n) is 3.97. The number of nitrogens with zero attached hydrogens (tertiary/aromatic N) is 1. The minimum Gasteiger partial charge on any atom is -0.392 e. The van der Waals surface area contributed by atoms with Crippen LogP contribution in [0.2, 0.25) is 0 Å². The van der Waals surface area contributed by atoms with E-state index in [1.54, 1.807) is 0 Å². The number of aliphatic hydroxyl groups is 1. The number of nitrogens with one attached hydrogen (secondary N) is 1. The average molecular weight is 172 g/mol. The summed E-state index contributed by atoms with van der Waals surface area (Å²) >= 11 is 0. The molecule has 0 saturated heterocycles. The van der Waals surface area contributed by atoms with Crippen molar-refractivity contribution in [3.63, 3.8) is 0 Å². The van der Waals surface area contributed by atoms with Crippen molar-refractivity contribution < 1.29 is 5.11 Å². The maximum absolute atomic E-state index is 9.07. The van der Waals surface area contributed by atoms with E-state index in [1.165, 1.54) is 0 Å². The van der Waals surface area contributed by atoms with Gasteiger partial charge in [-0.1, -0.05) is 18.2 Å². The molecule has 0 atom stereocenters. The molecule has 0 spiro atoms. The monoisotopic (exact) mass is 172 g/mol. The fourth-order valence-corrected chi connectivity index (χ4v) is 1.46. The van der Waals surface area contributed by atoms with Crippen LogP contribution in [0.5, 0.6) is 0 Å². The van der Waals surface area contributed by atoms with Gasteiger partial charge in [-0.15, -0.1) is 0 Å². The van der Waals surface area contributed by atoms with Gasteiger partial charge in [-0.05, 0) is 6.07 Å². The molecular formula is C10H8N2O. The Morgan fingerprint density at radius 1 is 1.38 bits per heavy atom. The van der Waals surface area contributed by atoms with Crippen LogP contribution >= 0.6 is 0 Å². The first-order chi connectivity index (χ1) is 6.36. The fraction of sp³-hybridized carbons (Fsp3) is 0.100. The number of para-hydroxylation sites is 1. The summed E-state index contributed by atoms with van der Waals surface area (Å²) in [7, 11) is 0. The van der Waals surface area contributed by atoms with Gasteiger partial charge in [0.05, 0.1) is 6.61 Å². The van der Waals surface area contributed by atoms with E-state index in [0.29, 0.717) is 11.3 Å². The molecule has 2 rings (SSSR count). The molecule has 1 heterocycles. The average Bonchev–Trinajstić information content (AvgIpc) is 2.55. The van der Waals surface area contributed by atoms with E-state index < -0.39 is 0 Å². The summed E-state index contributed by atoms with van der Waals surface area (Å²) < 4.78 is 0. The van der Waals surface area contributed by atoms with E-state index in [9.17, 15) is 0 Å². The van der Waals surface area contributed by atoms with Crippen molar-refractivity contribution >= 4 is 10.9 Å². The fourth-order valence-electron chi connectivity index (χ4n) is 1.46. The van der Waals surface area contributed by atoms with Crippen molar-refractivity contribution in [2.24, 2.45) is 0 Å². The summed E-state index contributed by atoms with van der Waals surface area (Å²) in [6, 6.07) is 9.57. The highest BCUT2D eigenvalue weighted by Gasteiger charge is 2.08. The third-order valence-corrected chi connectivity index (χ3v) is 2.08. The molecule has 0 aliphatic carbocycles. The molecule has 0 saturated carbocycles. The molecule has 0 aliphatic rings. The molecule has 2 N–H and O–H groups in total. The van der Waals surface area contributed by atoms with Crippen LogP contribution in [0.3, 0.4) is 0 Å². The van der Waals surface area contributed by atoms with Crippen molar-refractivity contribution in [3.8, 4) is 6.07 Å². The van der Waals surface area contributed by atoms with Crippen LogP contribution in [0, 0.1) is 11.3 Å². The Hall–Kier alpha value is -1.79. The molecule has 1 aromatic carbocycles.